The van der Waals surface area contributed by atoms with Crippen LogP contribution in [0.25, 0.3) is 11.2 Å². The van der Waals surface area contributed by atoms with Gasteiger partial charge in [-0.05, 0) is 0 Å². The summed E-state index contributed by atoms with van der Waals surface area (Å²) in [5, 5.41) is 0. The normalized spacial score (nSPS) is 10.8. The van der Waals surface area contributed by atoms with Crippen molar-refractivity contribution in [2.75, 3.05) is 0 Å². The minimum Gasteiger partial charge on any atom is -0.335 e. The molecule has 0 aliphatic carbocycles. The monoisotopic (exact) mass is 200 g/mol. The summed E-state index contributed by atoms with van der Waals surface area (Å²) in [6.07, 6.45) is 0. The number of nitrogens with one attached hydrogen (secondary N) is 3. The van der Waals surface area contributed by atoms with E-state index in [-0.39, 0.29) is 17.0 Å². The zero-order valence-electron chi connectivity index (χ0n) is 6.35. The molecule has 2 rings (SSSR count). The SMILES string of the molecule is O=c1[nH]c(=O)c2[nH]c(CCl)nc2[nH]1. The molecule has 0 radical (unpaired) electrons. The lowest BCUT2D eigenvalue weighted by atomic mass is 10.5. The van der Waals surface area contributed by atoms with Crippen LogP contribution in [0.15, 0.2) is 9.59 Å². The van der Waals surface area contributed by atoms with Crippen LogP contribution < -0.4 is 11.2 Å². The standard InChI is InChI=1S/C6H5ClN4O2/c7-1-2-8-3-4(9-2)10-6(13)11-5(3)12/h1H2,(H3,8,9,10,11,12,13). The molecule has 0 bridgehead atoms. The third kappa shape index (κ3) is 1.25. The largest absolute Gasteiger partial charge is 0.335 e. The van der Waals surface area contributed by atoms with E-state index in [1.54, 1.807) is 0 Å². The molecule has 0 spiro atoms. The zero-order chi connectivity index (χ0) is 9.42. The lowest BCUT2D eigenvalue weighted by Gasteiger charge is -1.83. The minimum atomic E-state index is -0.579. The van der Waals surface area contributed by atoms with Crippen LogP contribution in [0.1, 0.15) is 5.82 Å². The van der Waals surface area contributed by atoms with Crippen molar-refractivity contribution in [3.8, 4) is 0 Å². The molecule has 6 nitrogen and oxygen atoms in total. The molecule has 0 aliphatic rings. The molecule has 13 heavy (non-hydrogen) atoms. The Hall–Kier alpha value is -1.56. The van der Waals surface area contributed by atoms with Crippen molar-refractivity contribution in [3.05, 3.63) is 26.7 Å². The second-order valence-electron chi connectivity index (χ2n) is 2.45. The van der Waals surface area contributed by atoms with Gasteiger partial charge in [0.1, 0.15) is 11.3 Å². The van der Waals surface area contributed by atoms with Crippen LogP contribution in [-0.4, -0.2) is 19.9 Å². The number of alkyl halides is 1. The molecule has 0 unspecified atom stereocenters. The van der Waals surface area contributed by atoms with E-state index in [1.165, 1.54) is 0 Å². The third-order valence-electron chi connectivity index (χ3n) is 1.57. The van der Waals surface area contributed by atoms with Gasteiger partial charge in [-0.3, -0.25) is 14.8 Å². The Bertz CT molecular complexity index is 551. The average molecular weight is 201 g/mol. The summed E-state index contributed by atoms with van der Waals surface area (Å²) < 4.78 is 0. The van der Waals surface area contributed by atoms with Gasteiger partial charge in [-0.1, -0.05) is 0 Å². The number of aromatic nitrogens is 4. The predicted molar refractivity (Wildman–Crippen MR) is 46.9 cm³/mol. The van der Waals surface area contributed by atoms with Gasteiger partial charge in [0.15, 0.2) is 5.65 Å². The Morgan fingerprint density at radius 2 is 2.00 bits per heavy atom. The molecule has 2 heterocycles. The van der Waals surface area contributed by atoms with Crippen molar-refractivity contribution in [2.24, 2.45) is 0 Å². The number of H-pyrrole nitrogens is 3. The zero-order valence-corrected chi connectivity index (χ0v) is 7.10. The smallest absolute Gasteiger partial charge is 0.327 e. The van der Waals surface area contributed by atoms with Gasteiger partial charge in [0.2, 0.25) is 0 Å². The number of rotatable bonds is 1. The van der Waals surface area contributed by atoms with Gasteiger partial charge in [0.25, 0.3) is 5.56 Å². The quantitative estimate of drug-likeness (QED) is 0.551. The van der Waals surface area contributed by atoms with Crippen LogP contribution in [0, 0.1) is 0 Å². The van der Waals surface area contributed by atoms with Crippen LogP contribution in [0.5, 0.6) is 0 Å². The highest BCUT2D eigenvalue weighted by atomic mass is 35.5. The summed E-state index contributed by atoms with van der Waals surface area (Å²) in [7, 11) is 0. The van der Waals surface area contributed by atoms with Crippen molar-refractivity contribution in [1.29, 1.82) is 0 Å². The maximum atomic E-state index is 11.1. The number of fused-ring (bicyclic) bond motifs is 1. The van der Waals surface area contributed by atoms with E-state index in [9.17, 15) is 9.59 Å². The van der Waals surface area contributed by atoms with Crippen LogP contribution in [0.2, 0.25) is 0 Å². The first-order chi connectivity index (χ1) is 6.20. The first-order valence-electron chi connectivity index (χ1n) is 3.48. The number of halogens is 1. The fourth-order valence-electron chi connectivity index (χ4n) is 1.04. The van der Waals surface area contributed by atoms with Crippen molar-refractivity contribution >= 4 is 22.8 Å². The van der Waals surface area contributed by atoms with Gasteiger partial charge in [0.05, 0.1) is 5.88 Å². The molecule has 2 aromatic heterocycles. The lowest BCUT2D eigenvalue weighted by Crippen LogP contribution is -2.21. The fourth-order valence-corrected chi connectivity index (χ4v) is 1.17. The Morgan fingerprint density at radius 3 is 2.69 bits per heavy atom. The number of hydrogen-bond acceptors (Lipinski definition) is 3. The Kier molecular flexibility index (Phi) is 1.70. The van der Waals surface area contributed by atoms with Gasteiger partial charge in [-0.15, -0.1) is 11.6 Å². The molecule has 0 aromatic carbocycles. The Morgan fingerprint density at radius 1 is 1.23 bits per heavy atom. The minimum absolute atomic E-state index is 0.163. The molecule has 7 heteroatoms. The third-order valence-corrected chi connectivity index (χ3v) is 1.82. The number of aromatic amines is 3. The Balaban J connectivity index is 2.91. The van der Waals surface area contributed by atoms with E-state index in [0.717, 1.165) is 0 Å². The molecule has 2 aromatic rings. The summed E-state index contributed by atoms with van der Waals surface area (Å²) in [5.74, 6) is 0.611. The molecule has 3 N–H and O–H groups in total. The molecule has 0 fully saturated rings. The summed E-state index contributed by atoms with van der Waals surface area (Å²) in [6, 6.07) is 0. The van der Waals surface area contributed by atoms with Crippen molar-refractivity contribution < 1.29 is 0 Å². The lowest BCUT2D eigenvalue weighted by molar-refractivity contribution is 1.07. The van der Waals surface area contributed by atoms with E-state index < -0.39 is 11.2 Å². The molecule has 0 atom stereocenters. The number of hydrogen-bond donors (Lipinski definition) is 3. The predicted octanol–water partition coefficient (Wildman–Crippen LogP) is -0.322. The highest BCUT2D eigenvalue weighted by Gasteiger charge is 2.05. The Labute approximate surface area is 76.0 Å². The second-order valence-corrected chi connectivity index (χ2v) is 2.72. The number of nitrogens with zero attached hydrogens (tertiary/aromatic N) is 1. The molecule has 68 valence electrons. The second kappa shape index (κ2) is 2.74. The van der Waals surface area contributed by atoms with E-state index in [0.29, 0.717) is 5.82 Å². The summed E-state index contributed by atoms with van der Waals surface area (Å²) >= 11 is 5.49. The molecular weight excluding hydrogens is 196 g/mol. The maximum Gasteiger partial charge on any atom is 0.327 e. The molecule has 0 saturated heterocycles. The van der Waals surface area contributed by atoms with Gasteiger partial charge in [0, 0.05) is 0 Å². The average Bonchev–Trinajstić information content (AvgIpc) is 2.47. The first kappa shape index (κ1) is 8.06. The van der Waals surface area contributed by atoms with E-state index in [4.69, 9.17) is 11.6 Å². The molecular formula is C6H5ClN4O2. The highest BCUT2D eigenvalue weighted by Crippen LogP contribution is 2.02. The maximum absolute atomic E-state index is 11.1. The van der Waals surface area contributed by atoms with Gasteiger partial charge in [-0.25, -0.2) is 9.78 Å². The topological polar surface area (TPSA) is 94.4 Å². The first-order valence-corrected chi connectivity index (χ1v) is 4.01. The van der Waals surface area contributed by atoms with Crippen molar-refractivity contribution in [1.82, 2.24) is 19.9 Å². The van der Waals surface area contributed by atoms with Crippen molar-refractivity contribution in [2.45, 2.75) is 5.88 Å². The summed E-state index contributed by atoms with van der Waals surface area (Å²) in [4.78, 5) is 33.0. The van der Waals surface area contributed by atoms with Crippen LogP contribution in [0.4, 0.5) is 0 Å². The molecule has 0 saturated carbocycles. The van der Waals surface area contributed by atoms with Crippen LogP contribution >= 0.6 is 11.6 Å². The van der Waals surface area contributed by atoms with Gasteiger partial charge in [-0.2, -0.15) is 0 Å². The van der Waals surface area contributed by atoms with Gasteiger partial charge >= 0.3 is 5.69 Å². The summed E-state index contributed by atoms with van der Waals surface area (Å²) in [5.41, 5.74) is -0.618. The fraction of sp³-hybridized carbons (Fsp3) is 0.167. The van der Waals surface area contributed by atoms with Crippen LogP contribution in [-0.2, 0) is 5.88 Å². The van der Waals surface area contributed by atoms with E-state index in [1.807, 2.05) is 0 Å². The highest BCUT2D eigenvalue weighted by molar-refractivity contribution is 6.16. The van der Waals surface area contributed by atoms with E-state index >= 15 is 0 Å². The molecule has 0 aliphatic heterocycles. The van der Waals surface area contributed by atoms with E-state index in [2.05, 4.69) is 19.9 Å². The van der Waals surface area contributed by atoms with Crippen LogP contribution in [0.3, 0.4) is 0 Å². The van der Waals surface area contributed by atoms with Gasteiger partial charge < -0.3 is 4.98 Å². The van der Waals surface area contributed by atoms with Crippen molar-refractivity contribution in [3.63, 3.8) is 0 Å². The molecule has 0 amide bonds. The number of imidazole rings is 1. The summed E-state index contributed by atoms with van der Waals surface area (Å²) in [6.45, 7) is 0.